The maximum Gasteiger partial charge on any atom is 0.272 e. The van der Waals surface area contributed by atoms with Gasteiger partial charge >= 0.3 is 0 Å². The van der Waals surface area contributed by atoms with Crippen LogP contribution in [0.4, 0.5) is 0 Å². The van der Waals surface area contributed by atoms with Gasteiger partial charge in [0, 0.05) is 35.4 Å². The number of thioether (sulfide) groups is 1. The molecule has 1 aliphatic heterocycles. The maximum atomic E-state index is 12.2. The molecule has 270 valence electrons. The Balaban J connectivity index is 1.12. The Hall–Kier alpha value is -4.12. The number of ether oxygens (including phenoxy) is 2. The van der Waals surface area contributed by atoms with Crippen molar-refractivity contribution in [2.45, 2.75) is 47.1 Å². The molecule has 1 fully saturated rings. The second-order valence-electron chi connectivity index (χ2n) is 12.5. The second-order valence-corrected chi connectivity index (χ2v) is 15.8. The van der Waals surface area contributed by atoms with E-state index < -0.39 is 16.0 Å². The number of carbonyl (C=O) groups excluding carboxylic acids is 1. The Morgan fingerprint density at radius 3 is 2.09 bits per heavy atom. The SMILES string of the molecule is O=C(NCc1ccccc1-c1ccc([C@H]2O[C@@H](CSc3nc(-c4ccccc4)c(-c4ccccc4)o3)C[C@@H](c3ccc(CO)cc3)O2)cc1)C(Cl)(Cl)Cl. The first-order valence-electron chi connectivity index (χ1n) is 17.0. The van der Waals surface area contributed by atoms with Crippen LogP contribution in [-0.2, 0) is 27.4 Å². The highest BCUT2D eigenvalue weighted by Crippen LogP contribution is 2.41. The number of nitrogens with zero attached hydrogens (tertiary/aromatic N) is 1. The lowest BCUT2D eigenvalue weighted by atomic mass is 9.98. The van der Waals surface area contributed by atoms with Crippen LogP contribution in [0, 0.1) is 0 Å². The first-order valence-corrected chi connectivity index (χ1v) is 19.2. The zero-order chi connectivity index (χ0) is 36.8. The van der Waals surface area contributed by atoms with Gasteiger partial charge in [-0.05, 0) is 27.8 Å². The summed E-state index contributed by atoms with van der Waals surface area (Å²) in [6, 6.07) is 43.6. The molecule has 3 atom stereocenters. The van der Waals surface area contributed by atoms with Crippen LogP contribution in [0.5, 0.6) is 0 Å². The van der Waals surface area contributed by atoms with Crippen molar-refractivity contribution in [1.29, 1.82) is 0 Å². The number of rotatable bonds is 11. The van der Waals surface area contributed by atoms with Crippen LogP contribution in [0.3, 0.4) is 0 Å². The summed E-state index contributed by atoms with van der Waals surface area (Å²) in [4.78, 5) is 17.1. The van der Waals surface area contributed by atoms with Gasteiger partial charge in [-0.3, -0.25) is 4.79 Å². The number of nitrogens with one attached hydrogen (secondary N) is 1. The van der Waals surface area contributed by atoms with Crippen molar-refractivity contribution in [1.82, 2.24) is 10.3 Å². The quantitative estimate of drug-likeness (QED) is 0.0998. The summed E-state index contributed by atoms with van der Waals surface area (Å²) in [5.41, 5.74) is 8.17. The number of aliphatic hydroxyl groups excluding tert-OH is 1. The number of aliphatic hydroxyl groups is 1. The standard InChI is InChI=1S/C42H35Cl3N2O5S/c43-42(44,45)40(49)46-24-33-13-7-8-14-35(33)28-19-21-32(22-20-28)39-50-34(23-36(51-39)29-17-15-27(25-48)16-18-29)26-53-41-47-37(30-9-3-1-4-10-30)38(52-41)31-11-5-2-6-12-31/h1-22,34,36,39,48H,23-26H2,(H,46,49)/t34-,36+,39+/m1/s1. The number of halogens is 3. The van der Waals surface area contributed by atoms with E-state index in [9.17, 15) is 9.90 Å². The Labute approximate surface area is 327 Å². The summed E-state index contributed by atoms with van der Waals surface area (Å²) in [6.07, 6.45) is -0.478. The minimum Gasteiger partial charge on any atom is -0.431 e. The number of carbonyl (C=O) groups is 1. The summed E-state index contributed by atoms with van der Waals surface area (Å²) >= 11 is 18.8. The molecule has 6 aromatic rings. The van der Waals surface area contributed by atoms with E-state index >= 15 is 0 Å². The van der Waals surface area contributed by atoms with Gasteiger partial charge in [-0.1, -0.05) is 180 Å². The van der Waals surface area contributed by atoms with Crippen LogP contribution in [0.25, 0.3) is 33.7 Å². The molecule has 0 radical (unpaired) electrons. The van der Waals surface area contributed by atoms with Gasteiger partial charge in [-0.2, -0.15) is 0 Å². The van der Waals surface area contributed by atoms with E-state index in [1.54, 1.807) is 0 Å². The molecule has 7 nitrogen and oxygen atoms in total. The lowest BCUT2D eigenvalue weighted by Crippen LogP contribution is -2.34. The molecule has 0 spiro atoms. The van der Waals surface area contributed by atoms with Crippen molar-refractivity contribution in [3.05, 3.63) is 156 Å². The van der Waals surface area contributed by atoms with Crippen molar-refractivity contribution in [2.75, 3.05) is 5.75 Å². The van der Waals surface area contributed by atoms with Gasteiger partial charge in [0.25, 0.3) is 14.9 Å². The number of benzene rings is 5. The van der Waals surface area contributed by atoms with Gasteiger partial charge in [0.2, 0.25) is 0 Å². The van der Waals surface area contributed by atoms with Crippen molar-refractivity contribution in [3.8, 4) is 33.7 Å². The van der Waals surface area contributed by atoms with Gasteiger partial charge in [-0.25, -0.2) is 4.98 Å². The molecule has 1 saturated heterocycles. The third-order valence-corrected chi connectivity index (χ3v) is 10.4. The molecule has 2 heterocycles. The maximum absolute atomic E-state index is 12.2. The van der Waals surface area contributed by atoms with E-state index in [2.05, 4.69) is 5.32 Å². The Kier molecular flexibility index (Phi) is 11.9. The number of hydrogen-bond acceptors (Lipinski definition) is 7. The van der Waals surface area contributed by atoms with Gasteiger partial charge in [0.1, 0.15) is 5.69 Å². The predicted octanol–water partition coefficient (Wildman–Crippen LogP) is 10.5. The summed E-state index contributed by atoms with van der Waals surface area (Å²) < 4.78 is 17.6. The van der Waals surface area contributed by atoms with Crippen molar-refractivity contribution >= 4 is 52.5 Å². The molecule has 53 heavy (non-hydrogen) atoms. The zero-order valence-electron chi connectivity index (χ0n) is 28.3. The highest BCUT2D eigenvalue weighted by molar-refractivity contribution is 7.99. The molecule has 0 saturated carbocycles. The monoisotopic (exact) mass is 784 g/mol. The highest BCUT2D eigenvalue weighted by Gasteiger charge is 2.33. The summed E-state index contributed by atoms with van der Waals surface area (Å²) in [5, 5.41) is 12.9. The molecule has 7 rings (SSSR count). The summed E-state index contributed by atoms with van der Waals surface area (Å²) in [6.45, 7) is 0.164. The molecule has 5 aromatic carbocycles. The van der Waals surface area contributed by atoms with Gasteiger partial charge in [0.15, 0.2) is 12.1 Å². The van der Waals surface area contributed by atoms with Crippen molar-refractivity contribution in [2.24, 2.45) is 0 Å². The van der Waals surface area contributed by atoms with Gasteiger partial charge < -0.3 is 24.3 Å². The van der Waals surface area contributed by atoms with Crippen molar-refractivity contribution in [3.63, 3.8) is 0 Å². The van der Waals surface area contributed by atoms with E-state index in [0.29, 0.717) is 17.4 Å². The van der Waals surface area contributed by atoms with E-state index in [-0.39, 0.29) is 25.4 Å². The van der Waals surface area contributed by atoms with Crippen LogP contribution in [0.1, 0.15) is 41.1 Å². The Morgan fingerprint density at radius 1 is 0.774 bits per heavy atom. The molecule has 2 N–H and O–H groups in total. The van der Waals surface area contributed by atoms with Crippen LogP contribution < -0.4 is 5.32 Å². The predicted molar refractivity (Wildman–Crippen MR) is 211 cm³/mol. The fourth-order valence-corrected chi connectivity index (χ4v) is 7.22. The van der Waals surface area contributed by atoms with E-state index in [4.69, 9.17) is 53.7 Å². The molecule has 11 heteroatoms. The van der Waals surface area contributed by atoms with E-state index in [0.717, 1.165) is 56.0 Å². The van der Waals surface area contributed by atoms with Crippen LogP contribution in [-0.4, -0.2) is 31.6 Å². The first-order chi connectivity index (χ1) is 25.7. The molecule has 0 aliphatic carbocycles. The number of aromatic nitrogens is 1. The van der Waals surface area contributed by atoms with Crippen molar-refractivity contribution < 1.29 is 23.8 Å². The first kappa shape index (κ1) is 37.2. The van der Waals surface area contributed by atoms with Crippen LogP contribution in [0.2, 0.25) is 0 Å². The topological polar surface area (TPSA) is 93.8 Å². The number of alkyl halides is 3. The second kappa shape index (κ2) is 16.9. The number of oxazole rings is 1. The summed E-state index contributed by atoms with van der Waals surface area (Å²) in [7, 11) is 0. The molecule has 1 aromatic heterocycles. The van der Waals surface area contributed by atoms with E-state index in [1.165, 1.54) is 11.8 Å². The average Bonchev–Trinajstić information content (AvgIpc) is 3.64. The van der Waals surface area contributed by atoms with Crippen LogP contribution in [0.15, 0.2) is 143 Å². The third kappa shape index (κ3) is 9.16. The molecule has 1 amide bonds. The molecule has 0 unspecified atom stereocenters. The lowest BCUT2D eigenvalue weighted by Gasteiger charge is -2.36. The molecular weight excluding hydrogens is 751 g/mol. The van der Waals surface area contributed by atoms with Gasteiger partial charge in [-0.15, -0.1) is 0 Å². The molecule has 0 bridgehead atoms. The van der Waals surface area contributed by atoms with E-state index in [1.807, 2.05) is 133 Å². The Bertz CT molecular complexity index is 2070. The largest absolute Gasteiger partial charge is 0.431 e. The number of amides is 1. The normalized spacial score (nSPS) is 17.4. The fourth-order valence-electron chi connectivity index (χ4n) is 6.18. The highest BCUT2D eigenvalue weighted by atomic mass is 35.6. The molecule has 1 aliphatic rings. The fraction of sp³-hybridized carbons (Fsp3) is 0.190. The minimum atomic E-state index is -2.05. The Morgan fingerprint density at radius 2 is 1.42 bits per heavy atom. The number of hydrogen-bond donors (Lipinski definition) is 2. The minimum absolute atomic E-state index is 0.0301. The summed E-state index contributed by atoms with van der Waals surface area (Å²) in [5.74, 6) is 0.615. The molecular formula is C42H35Cl3N2O5S. The smallest absolute Gasteiger partial charge is 0.272 e. The zero-order valence-corrected chi connectivity index (χ0v) is 31.4. The van der Waals surface area contributed by atoms with Crippen LogP contribution >= 0.6 is 46.6 Å². The lowest BCUT2D eigenvalue weighted by molar-refractivity contribution is -0.245. The van der Waals surface area contributed by atoms with Gasteiger partial charge in [0.05, 0.1) is 18.8 Å². The average molecular weight is 786 g/mol. The third-order valence-electron chi connectivity index (χ3n) is 8.91.